The minimum Gasteiger partial charge on any atom is -0.480 e. The van der Waals surface area contributed by atoms with Crippen LogP contribution in [0.25, 0.3) is 0 Å². The molecule has 102 valence electrons. The molecule has 1 aliphatic rings. The molecule has 0 bridgehead atoms. The lowest BCUT2D eigenvalue weighted by atomic mass is 9.98. The summed E-state index contributed by atoms with van der Waals surface area (Å²) in [4.78, 5) is 22.9. The first-order valence-corrected chi connectivity index (χ1v) is 6.42. The summed E-state index contributed by atoms with van der Waals surface area (Å²) in [6.07, 6.45) is 0.705. The van der Waals surface area contributed by atoms with E-state index < -0.39 is 12.0 Å². The van der Waals surface area contributed by atoms with Crippen LogP contribution < -0.4 is 10.6 Å². The lowest BCUT2D eigenvalue weighted by molar-refractivity contribution is -0.142. The lowest BCUT2D eigenvalue weighted by Gasteiger charge is -2.27. The van der Waals surface area contributed by atoms with Crippen LogP contribution in [0.2, 0.25) is 0 Å². The highest BCUT2D eigenvalue weighted by Gasteiger charge is 2.24. The first-order chi connectivity index (χ1) is 9.15. The Bertz CT molecular complexity index is 443. The normalized spacial score (nSPS) is 16.4. The van der Waals surface area contributed by atoms with E-state index in [0.29, 0.717) is 18.8 Å². The third-order valence-corrected chi connectivity index (χ3v) is 3.26. The molecule has 1 amide bonds. The van der Waals surface area contributed by atoms with Crippen LogP contribution in [0.15, 0.2) is 30.3 Å². The summed E-state index contributed by atoms with van der Waals surface area (Å²) in [5.74, 6) is -0.843. The number of aliphatic carboxylic acids is 1. The van der Waals surface area contributed by atoms with Gasteiger partial charge in [0.15, 0.2) is 0 Å². The molecule has 1 atom stereocenters. The molecule has 1 fully saturated rings. The Labute approximate surface area is 112 Å². The van der Waals surface area contributed by atoms with Crippen molar-refractivity contribution in [1.82, 2.24) is 10.6 Å². The molecule has 0 aliphatic carbocycles. The Morgan fingerprint density at radius 2 is 2.00 bits per heavy atom. The second kappa shape index (κ2) is 6.33. The number of hydrogen-bond acceptors (Lipinski definition) is 3. The van der Waals surface area contributed by atoms with Crippen LogP contribution in [0.1, 0.15) is 12.0 Å². The maximum Gasteiger partial charge on any atom is 0.326 e. The van der Waals surface area contributed by atoms with Gasteiger partial charge in [-0.15, -0.1) is 0 Å². The second-order valence-electron chi connectivity index (χ2n) is 4.88. The number of carboxylic acids is 1. The summed E-state index contributed by atoms with van der Waals surface area (Å²) < 4.78 is 0. The molecule has 1 saturated heterocycles. The summed E-state index contributed by atoms with van der Waals surface area (Å²) in [6, 6.07) is 8.45. The zero-order valence-electron chi connectivity index (χ0n) is 10.6. The SMILES string of the molecule is O=C(CC1CNC1)NC(Cc1ccccc1)C(=O)O. The van der Waals surface area contributed by atoms with Gasteiger partial charge in [0.25, 0.3) is 0 Å². The number of rotatable bonds is 6. The van der Waals surface area contributed by atoms with Crippen molar-refractivity contribution in [1.29, 1.82) is 0 Å². The van der Waals surface area contributed by atoms with E-state index in [1.165, 1.54) is 0 Å². The number of amides is 1. The van der Waals surface area contributed by atoms with Crippen molar-refractivity contribution in [2.45, 2.75) is 18.9 Å². The largest absolute Gasteiger partial charge is 0.480 e. The molecule has 1 aromatic rings. The Morgan fingerprint density at radius 1 is 1.32 bits per heavy atom. The molecule has 0 spiro atoms. The average molecular weight is 262 g/mol. The Kier molecular flexibility index (Phi) is 4.52. The van der Waals surface area contributed by atoms with Crippen molar-refractivity contribution < 1.29 is 14.7 Å². The molecule has 5 heteroatoms. The molecule has 1 aromatic carbocycles. The summed E-state index contributed by atoms with van der Waals surface area (Å²) in [5, 5.41) is 14.8. The number of carboxylic acid groups (broad SMARTS) is 1. The van der Waals surface area contributed by atoms with Gasteiger partial charge in [-0.25, -0.2) is 4.79 Å². The molecule has 1 unspecified atom stereocenters. The van der Waals surface area contributed by atoms with E-state index in [2.05, 4.69) is 10.6 Å². The van der Waals surface area contributed by atoms with Gasteiger partial charge < -0.3 is 15.7 Å². The number of hydrogen-bond donors (Lipinski definition) is 3. The van der Waals surface area contributed by atoms with E-state index in [1.54, 1.807) is 0 Å². The van der Waals surface area contributed by atoms with Crippen molar-refractivity contribution in [3.8, 4) is 0 Å². The predicted octanol–water partition coefficient (Wildman–Crippen LogP) is 0.408. The molecule has 0 aromatic heterocycles. The molecule has 1 aliphatic heterocycles. The Hall–Kier alpha value is -1.88. The van der Waals surface area contributed by atoms with E-state index >= 15 is 0 Å². The van der Waals surface area contributed by atoms with E-state index in [-0.39, 0.29) is 5.91 Å². The highest BCUT2D eigenvalue weighted by atomic mass is 16.4. The molecule has 5 nitrogen and oxygen atoms in total. The monoisotopic (exact) mass is 262 g/mol. The van der Waals surface area contributed by atoms with E-state index in [1.807, 2.05) is 30.3 Å². The van der Waals surface area contributed by atoms with Gasteiger partial charge in [-0.1, -0.05) is 30.3 Å². The van der Waals surface area contributed by atoms with Gasteiger partial charge in [-0.2, -0.15) is 0 Å². The van der Waals surface area contributed by atoms with Crippen LogP contribution in [0.4, 0.5) is 0 Å². The van der Waals surface area contributed by atoms with E-state index in [9.17, 15) is 9.59 Å². The zero-order valence-corrected chi connectivity index (χ0v) is 10.6. The van der Waals surface area contributed by atoms with Crippen LogP contribution in [0, 0.1) is 5.92 Å². The predicted molar refractivity (Wildman–Crippen MR) is 70.7 cm³/mol. The maximum atomic E-state index is 11.7. The second-order valence-corrected chi connectivity index (χ2v) is 4.88. The highest BCUT2D eigenvalue weighted by molar-refractivity contribution is 5.83. The summed E-state index contributed by atoms with van der Waals surface area (Å²) in [5.41, 5.74) is 0.903. The molecular weight excluding hydrogens is 244 g/mol. The van der Waals surface area contributed by atoms with Gasteiger partial charge in [-0.05, 0) is 24.6 Å². The fourth-order valence-electron chi connectivity index (χ4n) is 2.06. The van der Waals surface area contributed by atoms with Gasteiger partial charge in [0.1, 0.15) is 6.04 Å². The van der Waals surface area contributed by atoms with Crippen molar-refractivity contribution in [3.05, 3.63) is 35.9 Å². The van der Waals surface area contributed by atoms with Crippen LogP contribution in [-0.2, 0) is 16.0 Å². The van der Waals surface area contributed by atoms with Gasteiger partial charge in [-0.3, -0.25) is 4.79 Å². The molecule has 2 rings (SSSR count). The first kappa shape index (κ1) is 13.5. The minimum atomic E-state index is -0.996. The van der Waals surface area contributed by atoms with Crippen molar-refractivity contribution >= 4 is 11.9 Å². The first-order valence-electron chi connectivity index (χ1n) is 6.42. The molecular formula is C14H18N2O3. The number of benzene rings is 1. The van der Waals surface area contributed by atoms with E-state index in [0.717, 1.165) is 18.7 Å². The van der Waals surface area contributed by atoms with Gasteiger partial charge >= 0.3 is 5.97 Å². The summed E-state index contributed by atoms with van der Waals surface area (Å²) in [7, 11) is 0. The molecule has 1 heterocycles. The zero-order chi connectivity index (χ0) is 13.7. The Balaban J connectivity index is 1.88. The van der Waals surface area contributed by atoms with Gasteiger partial charge in [0, 0.05) is 12.8 Å². The fraction of sp³-hybridized carbons (Fsp3) is 0.429. The molecule has 3 N–H and O–H groups in total. The fourth-order valence-corrected chi connectivity index (χ4v) is 2.06. The van der Waals surface area contributed by atoms with Gasteiger partial charge in [0.2, 0.25) is 5.91 Å². The quantitative estimate of drug-likeness (QED) is 0.694. The molecule has 19 heavy (non-hydrogen) atoms. The number of nitrogens with one attached hydrogen (secondary N) is 2. The topological polar surface area (TPSA) is 78.4 Å². The third-order valence-electron chi connectivity index (χ3n) is 3.26. The van der Waals surface area contributed by atoms with Gasteiger partial charge in [0.05, 0.1) is 0 Å². The lowest BCUT2D eigenvalue weighted by Crippen LogP contribution is -2.47. The van der Waals surface area contributed by atoms with Crippen LogP contribution >= 0.6 is 0 Å². The summed E-state index contributed by atoms with van der Waals surface area (Å²) in [6.45, 7) is 1.67. The molecule has 0 radical (unpaired) electrons. The van der Waals surface area contributed by atoms with Crippen LogP contribution in [-0.4, -0.2) is 36.1 Å². The van der Waals surface area contributed by atoms with Crippen molar-refractivity contribution in [3.63, 3.8) is 0 Å². The number of carbonyl (C=O) groups is 2. The van der Waals surface area contributed by atoms with Crippen molar-refractivity contribution in [2.75, 3.05) is 13.1 Å². The standard InChI is InChI=1S/C14H18N2O3/c17-13(7-11-8-15-9-11)16-12(14(18)19)6-10-4-2-1-3-5-10/h1-5,11-12,15H,6-9H2,(H,16,17)(H,18,19). The van der Waals surface area contributed by atoms with Crippen LogP contribution in [0.3, 0.4) is 0 Å². The van der Waals surface area contributed by atoms with E-state index in [4.69, 9.17) is 5.11 Å². The summed E-state index contributed by atoms with van der Waals surface area (Å²) >= 11 is 0. The highest BCUT2D eigenvalue weighted by Crippen LogP contribution is 2.09. The molecule has 0 saturated carbocycles. The van der Waals surface area contributed by atoms with Crippen molar-refractivity contribution in [2.24, 2.45) is 5.92 Å². The maximum absolute atomic E-state index is 11.7. The van der Waals surface area contributed by atoms with Crippen LogP contribution in [0.5, 0.6) is 0 Å². The Morgan fingerprint density at radius 3 is 2.53 bits per heavy atom. The number of carbonyl (C=O) groups excluding carboxylic acids is 1. The third kappa shape index (κ3) is 4.06. The average Bonchev–Trinajstić information content (AvgIpc) is 2.34. The minimum absolute atomic E-state index is 0.185. The smallest absolute Gasteiger partial charge is 0.326 e.